The van der Waals surface area contributed by atoms with Gasteiger partial charge in [0, 0.05) is 24.3 Å². The Labute approximate surface area is 121 Å². The van der Waals surface area contributed by atoms with E-state index in [0.29, 0.717) is 12.2 Å². The van der Waals surface area contributed by atoms with Crippen LogP contribution in [0.4, 0.5) is 0 Å². The summed E-state index contributed by atoms with van der Waals surface area (Å²) < 4.78 is 0. The second-order valence-corrected chi connectivity index (χ2v) is 5.17. The fourth-order valence-electron chi connectivity index (χ4n) is 1.83. The van der Waals surface area contributed by atoms with E-state index >= 15 is 0 Å². The number of pyridine rings is 1. The van der Waals surface area contributed by atoms with E-state index in [-0.39, 0.29) is 11.9 Å². The van der Waals surface area contributed by atoms with E-state index in [4.69, 9.17) is 10.9 Å². The summed E-state index contributed by atoms with van der Waals surface area (Å²) in [6.45, 7) is 2.79. The van der Waals surface area contributed by atoms with Crippen molar-refractivity contribution in [1.82, 2.24) is 15.3 Å². The van der Waals surface area contributed by atoms with Crippen molar-refractivity contribution in [2.45, 2.75) is 25.9 Å². The zero-order valence-electron chi connectivity index (χ0n) is 11.2. The molecule has 0 aliphatic carbocycles. The summed E-state index contributed by atoms with van der Waals surface area (Å²) in [7, 11) is 0. The Morgan fingerprint density at radius 1 is 1.50 bits per heavy atom. The van der Waals surface area contributed by atoms with Crippen LogP contribution in [0.25, 0.3) is 0 Å². The van der Waals surface area contributed by atoms with Gasteiger partial charge in [0.2, 0.25) is 0 Å². The molecule has 4 N–H and O–H groups in total. The average molecular weight is 291 g/mol. The van der Waals surface area contributed by atoms with Crippen LogP contribution < -0.4 is 11.1 Å². The van der Waals surface area contributed by atoms with Crippen molar-refractivity contribution in [2.24, 2.45) is 10.9 Å². The molecule has 0 amide bonds. The highest BCUT2D eigenvalue weighted by Crippen LogP contribution is 2.19. The minimum absolute atomic E-state index is 0.0128. The van der Waals surface area contributed by atoms with Crippen molar-refractivity contribution < 1.29 is 5.21 Å². The van der Waals surface area contributed by atoms with Gasteiger partial charge in [0.05, 0.1) is 6.04 Å². The summed E-state index contributed by atoms with van der Waals surface area (Å²) in [4.78, 5) is 8.38. The number of hydrogen-bond acceptors (Lipinski definition) is 6. The maximum absolute atomic E-state index is 8.66. The van der Waals surface area contributed by atoms with E-state index in [2.05, 4.69) is 27.4 Å². The number of oxime groups is 1. The second-order valence-electron chi connectivity index (χ2n) is 4.25. The van der Waals surface area contributed by atoms with Crippen LogP contribution in [0, 0.1) is 0 Å². The Kier molecular flexibility index (Phi) is 5.03. The smallest absolute Gasteiger partial charge is 0.188 e. The predicted octanol–water partition coefficient (Wildman–Crippen LogP) is 1.87. The van der Waals surface area contributed by atoms with Crippen LogP contribution in [0.3, 0.4) is 0 Å². The summed E-state index contributed by atoms with van der Waals surface area (Å²) in [5.74, 6) is 0.0128. The summed E-state index contributed by atoms with van der Waals surface area (Å²) in [5, 5.41) is 18.1. The van der Waals surface area contributed by atoms with E-state index in [0.717, 1.165) is 17.0 Å². The van der Waals surface area contributed by atoms with Gasteiger partial charge in [0.25, 0.3) is 0 Å². The van der Waals surface area contributed by atoms with Crippen molar-refractivity contribution in [3.05, 3.63) is 46.2 Å². The van der Waals surface area contributed by atoms with Crippen LogP contribution in [-0.2, 0) is 6.54 Å². The Balaban J connectivity index is 2.03. The molecule has 0 radical (unpaired) electrons. The highest BCUT2D eigenvalue weighted by molar-refractivity contribution is 7.09. The minimum atomic E-state index is 0.0128. The van der Waals surface area contributed by atoms with Crippen LogP contribution in [0.1, 0.15) is 35.7 Å². The largest absolute Gasteiger partial charge is 0.409 e. The first kappa shape index (κ1) is 14.4. The van der Waals surface area contributed by atoms with E-state index < -0.39 is 0 Å². The van der Waals surface area contributed by atoms with Gasteiger partial charge in [-0.1, -0.05) is 12.1 Å². The maximum Gasteiger partial charge on any atom is 0.188 e. The topological polar surface area (TPSA) is 96.4 Å². The summed E-state index contributed by atoms with van der Waals surface area (Å²) in [5.41, 5.74) is 7.02. The molecule has 2 aromatic rings. The van der Waals surface area contributed by atoms with Gasteiger partial charge < -0.3 is 16.3 Å². The molecule has 0 fully saturated rings. The molecule has 106 valence electrons. The summed E-state index contributed by atoms with van der Waals surface area (Å²) >= 11 is 1.64. The lowest BCUT2D eigenvalue weighted by atomic mass is 10.2. The number of nitrogens with zero attached hydrogens (tertiary/aromatic N) is 3. The Morgan fingerprint density at radius 3 is 3.00 bits per heavy atom. The van der Waals surface area contributed by atoms with Gasteiger partial charge in [0.1, 0.15) is 10.7 Å². The molecule has 0 spiro atoms. The number of nitrogens with two attached hydrogens (primary N) is 1. The first-order valence-corrected chi connectivity index (χ1v) is 7.18. The molecule has 0 saturated heterocycles. The SMILES string of the molecule is CCC(NCc1ccnc(C(N)=NO)c1)c1nccs1. The van der Waals surface area contributed by atoms with Gasteiger partial charge in [0.15, 0.2) is 5.84 Å². The van der Waals surface area contributed by atoms with Gasteiger partial charge in [-0.25, -0.2) is 4.98 Å². The molecule has 2 heterocycles. The van der Waals surface area contributed by atoms with E-state index in [1.54, 1.807) is 23.6 Å². The second kappa shape index (κ2) is 6.97. The third-order valence-corrected chi connectivity index (χ3v) is 3.79. The number of amidine groups is 1. The molecule has 20 heavy (non-hydrogen) atoms. The van der Waals surface area contributed by atoms with E-state index in [9.17, 15) is 0 Å². The lowest BCUT2D eigenvalue weighted by Crippen LogP contribution is -2.21. The normalized spacial score (nSPS) is 13.3. The molecule has 0 bridgehead atoms. The Hall–Kier alpha value is -1.99. The lowest BCUT2D eigenvalue weighted by Gasteiger charge is -2.14. The fourth-order valence-corrected chi connectivity index (χ4v) is 2.63. The molecule has 1 atom stereocenters. The number of hydrogen-bond donors (Lipinski definition) is 3. The molecule has 0 aliphatic heterocycles. The van der Waals surface area contributed by atoms with Gasteiger partial charge in [-0.2, -0.15) is 0 Å². The predicted molar refractivity (Wildman–Crippen MR) is 78.7 cm³/mol. The van der Waals surface area contributed by atoms with Crippen molar-refractivity contribution in [1.29, 1.82) is 0 Å². The standard InChI is InChI=1S/C13H17N5OS/c1-2-10(13-16-5-6-20-13)17-8-9-3-4-15-11(7-9)12(14)18-19/h3-7,10,17,19H,2,8H2,1H3,(H2,14,18). The molecule has 0 aromatic carbocycles. The third-order valence-electron chi connectivity index (χ3n) is 2.90. The van der Waals surface area contributed by atoms with Crippen LogP contribution in [-0.4, -0.2) is 21.0 Å². The van der Waals surface area contributed by atoms with Crippen LogP contribution in [0.5, 0.6) is 0 Å². The lowest BCUT2D eigenvalue weighted by molar-refractivity contribution is 0.318. The molecule has 6 nitrogen and oxygen atoms in total. The van der Waals surface area contributed by atoms with Gasteiger partial charge in [-0.05, 0) is 24.1 Å². The first-order valence-electron chi connectivity index (χ1n) is 6.30. The highest BCUT2D eigenvalue weighted by atomic mass is 32.1. The van der Waals surface area contributed by atoms with E-state index in [1.165, 1.54) is 0 Å². The third kappa shape index (κ3) is 3.52. The Bertz CT molecular complexity index is 570. The zero-order valence-corrected chi connectivity index (χ0v) is 12.0. The molecule has 2 aromatic heterocycles. The van der Waals surface area contributed by atoms with Crippen molar-refractivity contribution in [3.8, 4) is 0 Å². The van der Waals surface area contributed by atoms with E-state index in [1.807, 2.05) is 17.6 Å². The summed E-state index contributed by atoms with van der Waals surface area (Å²) in [6.07, 6.45) is 4.42. The number of thiazole rings is 1. The van der Waals surface area contributed by atoms with Gasteiger partial charge in [-0.3, -0.25) is 4.98 Å². The molecular formula is C13H17N5OS. The zero-order chi connectivity index (χ0) is 14.4. The maximum atomic E-state index is 8.66. The molecular weight excluding hydrogens is 274 g/mol. The molecule has 0 aliphatic rings. The number of rotatable bonds is 6. The van der Waals surface area contributed by atoms with Gasteiger partial charge in [-0.15, -0.1) is 11.3 Å². The Morgan fingerprint density at radius 2 is 2.35 bits per heavy atom. The quantitative estimate of drug-likeness (QED) is 0.327. The molecule has 1 unspecified atom stereocenters. The highest BCUT2D eigenvalue weighted by Gasteiger charge is 2.11. The van der Waals surface area contributed by atoms with Crippen LogP contribution >= 0.6 is 11.3 Å². The van der Waals surface area contributed by atoms with Crippen molar-refractivity contribution >= 4 is 17.2 Å². The summed E-state index contributed by atoms with van der Waals surface area (Å²) in [6, 6.07) is 3.93. The van der Waals surface area contributed by atoms with Crippen molar-refractivity contribution in [3.63, 3.8) is 0 Å². The molecule has 2 rings (SSSR count). The van der Waals surface area contributed by atoms with Crippen LogP contribution in [0.15, 0.2) is 35.1 Å². The molecule has 0 saturated carbocycles. The van der Waals surface area contributed by atoms with Gasteiger partial charge >= 0.3 is 0 Å². The average Bonchev–Trinajstić information content (AvgIpc) is 3.01. The molecule has 7 heteroatoms. The monoisotopic (exact) mass is 291 g/mol. The van der Waals surface area contributed by atoms with Crippen LogP contribution in [0.2, 0.25) is 0 Å². The number of nitrogens with one attached hydrogen (secondary N) is 1. The van der Waals surface area contributed by atoms with Crippen molar-refractivity contribution in [2.75, 3.05) is 0 Å². The first-order chi connectivity index (χ1) is 9.74. The fraction of sp³-hybridized carbons (Fsp3) is 0.308. The number of aromatic nitrogens is 2. The minimum Gasteiger partial charge on any atom is -0.409 e.